The van der Waals surface area contributed by atoms with Crippen LogP contribution in [0.3, 0.4) is 0 Å². The molecule has 0 saturated heterocycles. The molecule has 3 heteroatoms. The molecule has 2 nitrogen and oxygen atoms in total. The lowest BCUT2D eigenvalue weighted by Gasteiger charge is -1.98. The van der Waals surface area contributed by atoms with E-state index in [0.717, 1.165) is 0 Å². The van der Waals surface area contributed by atoms with Crippen molar-refractivity contribution in [3.05, 3.63) is 16.1 Å². The average molecular weight is 170 g/mol. The molecule has 0 saturated carbocycles. The lowest BCUT2D eigenvalue weighted by Crippen LogP contribution is -2.01. The van der Waals surface area contributed by atoms with Crippen molar-refractivity contribution in [2.45, 2.75) is 32.7 Å². The fourth-order valence-electron chi connectivity index (χ4n) is 0.778. The Hall–Kier alpha value is -0.410. The van der Waals surface area contributed by atoms with Gasteiger partial charge >= 0.3 is 0 Å². The first-order chi connectivity index (χ1) is 5.11. The zero-order valence-corrected chi connectivity index (χ0v) is 7.98. The highest BCUT2D eigenvalue weighted by atomic mass is 32.1. The molecule has 0 amide bonds. The summed E-state index contributed by atoms with van der Waals surface area (Å²) in [4.78, 5) is 5.45. The minimum absolute atomic E-state index is 0.125. The van der Waals surface area contributed by atoms with E-state index in [1.807, 2.05) is 13.1 Å². The molecule has 0 fully saturated rings. The summed E-state index contributed by atoms with van der Waals surface area (Å²) < 4.78 is 0. The zero-order valence-electron chi connectivity index (χ0n) is 7.16. The van der Waals surface area contributed by atoms with E-state index in [4.69, 9.17) is 5.73 Å². The predicted molar refractivity (Wildman–Crippen MR) is 48.8 cm³/mol. The van der Waals surface area contributed by atoms with E-state index in [1.165, 1.54) is 9.88 Å². The fourth-order valence-corrected chi connectivity index (χ4v) is 1.65. The quantitative estimate of drug-likeness (QED) is 0.739. The van der Waals surface area contributed by atoms with Gasteiger partial charge in [0.05, 0.1) is 5.01 Å². The van der Waals surface area contributed by atoms with Crippen molar-refractivity contribution in [1.29, 1.82) is 0 Å². The van der Waals surface area contributed by atoms with E-state index >= 15 is 0 Å². The maximum absolute atomic E-state index is 5.70. The number of aromatic nitrogens is 1. The van der Waals surface area contributed by atoms with E-state index in [1.54, 1.807) is 11.3 Å². The minimum Gasteiger partial charge on any atom is -0.323 e. The molecule has 1 aromatic heterocycles. The molecule has 0 aliphatic rings. The van der Waals surface area contributed by atoms with E-state index in [0.29, 0.717) is 5.92 Å². The van der Waals surface area contributed by atoms with Gasteiger partial charge in [-0.1, -0.05) is 13.8 Å². The summed E-state index contributed by atoms with van der Waals surface area (Å²) in [5, 5.41) is 1.18. The second-order valence-electron chi connectivity index (χ2n) is 3.04. The Morgan fingerprint density at radius 3 is 2.36 bits per heavy atom. The number of rotatable bonds is 2. The van der Waals surface area contributed by atoms with Crippen LogP contribution in [0.25, 0.3) is 0 Å². The second-order valence-corrected chi connectivity index (χ2v) is 4.14. The maximum Gasteiger partial charge on any atom is 0.0953 e. The Kier molecular flexibility index (Phi) is 2.62. The van der Waals surface area contributed by atoms with Crippen molar-refractivity contribution >= 4 is 11.3 Å². The predicted octanol–water partition coefficient (Wildman–Crippen LogP) is 2.29. The molecule has 1 atom stereocenters. The molecule has 1 heterocycles. The van der Waals surface area contributed by atoms with Crippen molar-refractivity contribution in [2.75, 3.05) is 0 Å². The van der Waals surface area contributed by atoms with E-state index in [-0.39, 0.29) is 6.04 Å². The normalized spacial score (nSPS) is 13.9. The molecule has 0 radical (unpaired) electrons. The molecule has 2 N–H and O–H groups in total. The standard InChI is InChI=1S/C8H14N2S/c1-5(2)8-10-4-7(11-8)6(3)9/h4-6H,9H2,1-3H3/t6-/m0/s1. The molecular formula is C8H14N2S. The number of nitrogens with zero attached hydrogens (tertiary/aromatic N) is 1. The summed E-state index contributed by atoms with van der Waals surface area (Å²) in [6, 6.07) is 0.125. The first-order valence-corrected chi connectivity index (χ1v) is 4.64. The first-order valence-electron chi connectivity index (χ1n) is 3.82. The van der Waals surface area contributed by atoms with Crippen LogP contribution in [0.4, 0.5) is 0 Å². The Balaban J connectivity index is 2.82. The van der Waals surface area contributed by atoms with Gasteiger partial charge < -0.3 is 5.73 Å². The SMILES string of the molecule is CC(C)c1ncc([C@H](C)N)s1. The van der Waals surface area contributed by atoms with Crippen LogP contribution in [0.15, 0.2) is 6.20 Å². The van der Waals surface area contributed by atoms with E-state index in [9.17, 15) is 0 Å². The summed E-state index contributed by atoms with van der Waals surface area (Å²) in [5.41, 5.74) is 5.70. The van der Waals surface area contributed by atoms with Gasteiger partial charge in [0.1, 0.15) is 0 Å². The van der Waals surface area contributed by atoms with Gasteiger partial charge in [0, 0.05) is 23.0 Å². The van der Waals surface area contributed by atoms with Crippen LogP contribution in [0.5, 0.6) is 0 Å². The molecule has 1 aromatic rings. The lowest BCUT2D eigenvalue weighted by atomic mass is 10.2. The molecule has 0 bridgehead atoms. The van der Waals surface area contributed by atoms with Crippen LogP contribution in [-0.2, 0) is 0 Å². The molecule has 11 heavy (non-hydrogen) atoms. The van der Waals surface area contributed by atoms with Crippen LogP contribution >= 0.6 is 11.3 Å². The molecule has 0 aliphatic heterocycles. The minimum atomic E-state index is 0.125. The Bertz CT molecular complexity index is 205. The van der Waals surface area contributed by atoms with Crippen LogP contribution < -0.4 is 5.73 Å². The molecule has 1 rings (SSSR count). The molecular weight excluding hydrogens is 156 g/mol. The van der Waals surface area contributed by atoms with Crippen molar-refractivity contribution < 1.29 is 0 Å². The van der Waals surface area contributed by atoms with Crippen molar-refractivity contribution in [3.8, 4) is 0 Å². The Morgan fingerprint density at radius 2 is 2.09 bits per heavy atom. The fraction of sp³-hybridized carbons (Fsp3) is 0.625. The van der Waals surface area contributed by atoms with Crippen molar-refractivity contribution in [1.82, 2.24) is 4.98 Å². The number of nitrogens with two attached hydrogens (primary N) is 1. The molecule has 0 aromatic carbocycles. The average Bonchev–Trinajstić information content (AvgIpc) is 2.33. The van der Waals surface area contributed by atoms with Crippen LogP contribution in [0.1, 0.15) is 42.6 Å². The third kappa shape index (κ3) is 2.01. The highest BCUT2D eigenvalue weighted by Crippen LogP contribution is 2.24. The summed E-state index contributed by atoms with van der Waals surface area (Å²) >= 11 is 1.71. The van der Waals surface area contributed by atoms with Crippen LogP contribution in [0.2, 0.25) is 0 Å². The van der Waals surface area contributed by atoms with Gasteiger partial charge in [-0.2, -0.15) is 0 Å². The van der Waals surface area contributed by atoms with Crippen LogP contribution in [-0.4, -0.2) is 4.98 Å². The largest absolute Gasteiger partial charge is 0.323 e. The number of thiazole rings is 1. The summed E-state index contributed by atoms with van der Waals surface area (Å²) in [6.07, 6.45) is 1.88. The summed E-state index contributed by atoms with van der Waals surface area (Å²) in [6.45, 7) is 6.27. The van der Waals surface area contributed by atoms with E-state index < -0.39 is 0 Å². The van der Waals surface area contributed by atoms with Gasteiger partial charge in [0.2, 0.25) is 0 Å². The highest BCUT2D eigenvalue weighted by Gasteiger charge is 2.07. The maximum atomic E-state index is 5.70. The van der Waals surface area contributed by atoms with Crippen molar-refractivity contribution in [2.24, 2.45) is 5.73 Å². The molecule has 62 valence electrons. The number of hydrogen-bond donors (Lipinski definition) is 1. The smallest absolute Gasteiger partial charge is 0.0953 e. The molecule has 0 spiro atoms. The highest BCUT2D eigenvalue weighted by molar-refractivity contribution is 7.11. The van der Waals surface area contributed by atoms with Gasteiger partial charge in [0.25, 0.3) is 0 Å². The first kappa shape index (κ1) is 8.68. The Labute approximate surface area is 71.5 Å². The van der Waals surface area contributed by atoms with E-state index in [2.05, 4.69) is 18.8 Å². The van der Waals surface area contributed by atoms with Gasteiger partial charge in [-0.05, 0) is 6.92 Å². The summed E-state index contributed by atoms with van der Waals surface area (Å²) in [5.74, 6) is 0.521. The molecule has 0 unspecified atom stereocenters. The monoisotopic (exact) mass is 170 g/mol. The van der Waals surface area contributed by atoms with Gasteiger partial charge in [-0.3, -0.25) is 0 Å². The summed E-state index contributed by atoms with van der Waals surface area (Å²) in [7, 11) is 0. The zero-order chi connectivity index (χ0) is 8.43. The van der Waals surface area contributed by atoms with Crippen molar-refractivity contribution in [3.63, 3.8) is 0 Å². The lowest BCUT2D eigenvalue weighted by molar-refractivity contribution is 0.831. The Morgan fingerprint density at radius 1 is 1.45 bits per heavy atom. The van der Waals surface area contributed by atoms with Crippen LogP contribution in [0, 0.1) is 0 Å². The van der Waals surface area contributed by atoms with Gasteiger partial charge in [-0.25, -0.2) is 4.98 Å². The number of hydrogen-bond acceptors (Lipinski definition) is 3. The third-order valence-electron chi connectivity index (χ3n) is 1.48. The third-order valence-corrected chi connectivity index (χ3v) is 2.98. The van der Waals surface area contributed by atoms with Gasteiger partial charge in [0.15, 0.2) is 0 Å². The second kappa shape index (κ2) is 3.32. The molecule has 0 aliphatic carbocycles. The topological polar surface area (TPSA) is 38.9 Å². The van der Waals surface area contributed by atoms with Gasteiger partial charge in [-0.15, -0.1) is 11.3 Å².